The van der Waals surface area contributed by atoms with Gasteiger partial charge in [0.15, 0.2) is 0 Å². The summed E-state index contributed by atoms with van der Waals surface area (Å²) in [7, 11) is 3.12. The van der Waals surface area contributed by atoms with E-state index in [1.165, 1.54) is 0 Å². The largest absolute Gasteiger partial charge is 0.331 e. The van der Waals surface area contributed by atoms with Gasteiger partial charge in [-0.1, -0.05) is 36.4 Å². The van der Waals surface area contributed by atoms with E-state index in [0.29, 0.717) is 0 Å². The topological polar surface area (TPSA) is 27.7 Å². The zero-order valence-electron chi connectivity index (χ0n) is 11.8. The SMILES string of the molecule is COC(C)(OC)OC(C)/C(C)=C/c1ccccc1. The molecule has 1 atom stereocenters. The van der Waals surface area contributed by atoms with Crippen molar-refractivity contribution in [1.82, 2.24) is 0 Å². The van der Waals surface area contributed by atoms with Gasteiger partial charge in [-0.05, 0) is 25.0 Å². The van der Waals surface area contributed by atoms with Crippen LogP contribution >= 0.6 is 0 Å². The van der Waals surface area contributed by atoms with Crippen LogP contribution in [0.3, 0.4) is 0 Å². The van der Waals surface area contributed by atoms with Crippen LogP contribution in [-0.2, 0) is 14.2 Å². The Morgan fingerprint density at radius 1 is 1.17 bits per heavy atom. The third kappa shape index (κ3) is 4.26. The second kappa shape index (κ2) is 6.69. The monoisotopic (exact) mass is 250 g/mol. The molecule has 0 amide bonds. The van der Waals surface area contributed by atoms with Crippen molar-refractivity contribution in [3.05, 3.63) is 41.5 Å². The Balaban J connectivity index is 2.72. The van der Waals surface area contributed by atoms with E-state index in [1.807, 2.05) is 32.0 Å². The van der Waals surface area contributed by atoms with E-state index in [-0.39, 0.29) is 6.10 Å². The molecule has 3 heteroatoms. The highest BCUT2D eigenvalue weighted by Crippen LogP contribution is 2.20. The molecular formula is C15H22O3. The van der Waals surface area contributed by atoms with Crippen LogP contribution in [0.4, 0.5) is 0 Å². The predicted octanol–water partition coefficient (Wildman–Crippen LogP) is 3.46. The van der Waals surface area contributed by atoms with Crippen molar-refractivity contribution >= 4 is 6.08 Å². The lowest BCUT2D eigenvalue weighted by Crippen LogP contribution is -2.36. The average molecular weight is 250 g/mol. The molecule has 0 aliphatic heterocycles. The molecule has 1 aromatic carbocycles. The Morgan fingerprint density at radius 3 is 2.22 bits per heavy atom. The average Bonchev–Trinajstić information content (AvgIpc) is 2.39. The minimum Gasteiger partial charge on any atom is -0.331 e. The first kappa shape index (κ1) is 14.9. The standard InChI is InChI=1S/C15H22O3/c1-12(11-14-9-7-6-8-10-14)13(2)18-15(3,16-4)17-5/h6-11,13H,1-5H3/b12-11+. The molecule has 0 heterocycles. The van der Waals surface area contributed by atoms with Gasteiger partial charge in [0.2, 0.25) is 0 Å². The molecule has 1 rings (SSSR count). The molecule has 3 nitrogen and oxygen atoms in total. The highest BCUT2D eigenvalue weighted by molar-refractivity contribution is 5.52. The molecule has 0 N–H and O–H groups in total. The molecule has 0 spiro atoms. The summed E-state index contributed by atoms with van der Waals surface area (Å²) in [5.41, 5.74) is 2.27. The Kier molecular flexibility index (Phi) is 5.54. The predicted molar refractivity (Wildman–Crippen MR) is 73.1 cm³/mol. The van der Waals surface area contributed by atoms with Crippen molar-refractivity contribution in [3.63, 3.8) is 0 Å². The fourth-order valence-corrected chi connectivity index (χ4v) is 1.52. The van der Waals surface area contributed by atoms with Crippen LogP contribution < -0.4 is 0 Å². The van der Waals surface area contributed by atoms with Gasteiger partial charge in [0.25, 0.3) is 5.97 Å². The van der Waals surface area contributed by atoms with E-state index in [4.69, 9.17) is 14.2 Å². The van der Waals surface area contributed by atoms with Crippen LogP contribution in [0.1, 0.15) is 26.3 Å². The Hall–Kier alpha value is -1.16. The van der Waals surface area contributed by atoms with Gasteiger partial charge in [0.05, 0.1) is 6.10 Å². The molecule has 0 radical (unpaired) electrons. The van der Waals surface area contributed by atoms with Crippen LogP contribution in [0, 0.1) is 0 Å². The van der Waals surface area contributed by atoms with E-state index < -0.39 is 5.97 Å². The van der Waals surface area contributed by atoms with Crippen LogP contribution in [0.5, 0.6) is 0 Å². The fraction of sp³-hybridized carbons (Fsp3) is 0.467. The normalized spacial score (nSPS) is 14.6. The Bertz CT molecular complexity index is 380. The van der Waals surface area contributed by atoms with Gasteiger partial charge in [-0.25, -0.2) is 0 Å². The lowest BCUT2D eigenvalue weighted by Gasteiger charge is -2.29. The maximum absolute atomic E-state index is 5.76. The van der Waals surface area contributed by atoms with Gasteiger partial charge in [-0.15, -0.1) is 0 Å². The summed E-state index contributed by atoms with van der Waals surface area (Å²) in [4.78, 5) is 0. The Morgan fingerprint density at radius 2 is 1.72 bits per heavy atom. The highest BCUT2D eigenvalue weighted by atomic mass is 16.9. The maximum Gasteiger partial charge on any atom is 0.279 e. The molecule has 1 aromatic rings. The van der Waals surface area contributed by atoms with Gasteiger partial charge >= 0.3 is 0 Å². The summed E-state index contributed by atoms with van der Waals surface area (Å²) >= 11 is 0. The van der Waals surface area contributed by atoms with Crippen LogP contribution in [0.15, 0.2) is 35.9 Å². The number of ether oxygens (including phenoxy) is 3. The zero-order valence-corrected chi connectivity index (χ0v) is 11.8. The number of benzene rings is 1. The second-order valence-corrected chi connectivity index (χ2v) is 4.33. The van der Waals surface area contributed by atoms with Gasteiger partial charge in [-0.2, -0.15) is 0 Å². The van der Waals surface area contributed by atoms with E-state index >= 15 is 0 Å². The molecule has 18 heavy (non-hydrogen) atoms. The van der Waals surface area contributed by atoms with Crippen molar-refractivity contribution in [1.29, 1.82) is 0 Å². The first-order valence-electron chi connectivity index (χ1n) is 6.02. The van der Waals surface area contributed by atoms with E-state index in [2.05, 4.69) is 18.2 Å². The lowest BCUT2D eigenvalue weighted by atomic mass is 10.1. The van der Waals surface area contributed by atoms with Crippen molar-refractivity contribution in [2.45, 2.75) is 32.8 Å². The molecule has 1 unspecified atom stereocenters. The quantitative estimate of drug-likeness (QED) is 0.724. The maximum atomic E-state index is 5.76. The molecule has 100 valence electrons. The summed E-state index contributed by atoms with van der Waals surface area (Å²) < 4.78 is 16.1. The number of hydrogen-bond acceptors (Lipinski definition) is 3. The third-order valence-electron chi connectivity index (χ3n) is 2.97. The summed E-state index contributed by atoms with van der Waals surface area (Å²) in [5, 5.41) is 0. The number of hydrogen-bond donors (Lipinski definition) is 0. The smallest absolute Gasteiger partial charge is 0.279 e. The third-order valence-corrected chi connectivity index (χ3v) is 2.97. The van der Waals surface area contributed by atoms with Crippen LogP contribution in [-0.4, -0.2) is 26.3 Å². The highest BCUT2D eigenvalue weighted by Gasteiger charge is 2.27. The second-order valence-electron chi connectivity index (χ2n) is 4.33. The van der Waals surface area contributed by atoms with Crippen molar-refractivity contribution < 1.29 is 14.2 Å². The molecule has 0 saturated carbocycles. The van der Waals surface area contributed by atoms with Crippen LogP contribution in [0.25, 0.3) is 6.08 Å². The molecular weight excluding hydrogens is 228 g/mol. The van der Waals surface area contributed by atoms with Crippen LogP contribution in [0.2, 0.25) is 0 Å². The molecule has 0 aromatic heterocycles. The molecule has 0 bridgehead atoms. The molecule has 0 aliphatic carbocycles. The number of rotatable bonds is 6. The van der Waals surface area contributed by atoms with Gasteiger partial charge in [-0.3, -0.25) is 0 Å². The minimum atomic E-state index is -1.01. The van der Waals surface area contributed by atoms with Gasteiger partial charge in [0, 0.05) is 21.1 Å². The van der Waals surface area contributed by atoms with Crippen molar-refractivity contribution in [3.8, 4) is 0 Å². The van der Waals surface area contributed by atoms with E-state index in [0.717, 1.165) is 11.1 Å². The minimum absolute atomic E-state index is 0.0879. The fourth-order valence-electron chi connectivity index (χ4n) is 1.52. The summed E-state index contributed by atoms with van der Waals surface area (Å²) in [5.74, 6) is -1.01. The van der Waals surface area contributed by atoms with E-state index in [1.54, 1.807) is 21.1 Å². The number of methoxy groups -OCH3 is 2. The van der Waals surface area contributed by atoms with Crippen molar-refractivity contribution in [2.24, 2.45) is 0 Å². The molecule has 0 aliphatic rings. The molecule has 0 fully saturated rings. The first-order valence-corrected chi connectivity index (χ1v) is 6.02. The summed E-state index contributed by atoms with van der Waals surface area (Å²) in [6, 6.07) is 10.1. The lowest BCUT2D eigenvalue weighted by molar-refractivity contribution is -0.359. The Labute approximate surface area is 109 Å². The van der Waals surface area contributed by atoms with Gasteiger partial charge in [0.1, 0.15) is 0 Å². The summed E-state index contributed by atoms with van der Waals surface area (Å²) in [6.45, 7) is 5.76. The van der Waals surface area contributed by atoms with Crippen molar-refractivity contribution in [2.75, 3.05) is 14.2 Å². The summed E-state index contributed by atoms with van der Waals surface area (Å²) in [6.07, 6.45) is 2.01. The molecule has 0 saturated heterocycles. The first-order chi connectivity index (χ1) is 8.50. The van der Waals surface area contributed by atoms with Gasteiger partial charge < -0.3 is 14.2 Å². The van der Waals surface area contributed by atoms with E-state index in [9.17, 15) is 0 Å². The zero-order chi connectivity index (χ0) is 13.6.